The van der Waals surface area contributed by atoms with Gasteiger partial charge in [-0.15, -0.1) is 0 Å². The van der Waals surface area contributed by atoms with E-state index in [9.17, 15) is 13.6 Å². The third kappa shape index (κ3) is 5.09. The molecule has 190 valence electrons. The van der Waals surface area contributed by atoms with Crippen LogP contribution in [0, 0.1) is 11.6 Å². The Kier molecular flexibility index (Phi) is 6.71. The van der Waals surface area contributed by atoms with Gasteiger partial charge in [0.15, 0.2) is 17.4 Å². The van der Waals surface area contributed by atoms with Crippen LogP contribution in [0.5, 0.6) is 5.75 Å². The molecular formula is C25H28F2N6O3. The molecule has 0 aliphatic carbocycles. The molecule has 0 saturated carbocycles. The normalized spacial score (nSPS) is 16.2. The van der Waals surface area contributed by atoms with Gasteiger partial charge in [-0.05, 0) is 26.0 Å². The number of aromatic amines is 1. The van der Waals surface area contributed by atoms with Crippen molar-refractivity contribution in [1.29, 1.82) is 0 Å². The molecule has 1 amide bonds. The van der Waals surface area contributed by atoms with E-state index < -0.39 is 11.6 Å². The highest BCUT2D eigenvalue weighted by Gasteiger charge is 2.30. The Labute approximate surface area is 207 Å². The van der Waals surface area contributed by atoms with Gasteiger partial charge in [0.2, 0.25) is 0 Å². The van der Waals surface area contributed by atoms with Crippen LogP contribution in [0.4, 0.5) is 19.4 Å². The van der Waals surface area contributed by atoms with Gasteiger partial charge in [0.25, 0.3) is 0 Å². The van der Waals surface area contributed by atoms with E-state index in [1.807, 2.05) is 13.8 Å². The summed E-state index contributed by atoms with van der Waals surface area (Å²) in [4.78, 5) is 26.1. The van der Waals surface area contributed by atoms with Gasteiger partial charge in [0.1, 0.15) is 17.6 Å². The van der Waals surface area contributed by atoms with Gasteiger partial charge in [-0.1, -0.05) is 0 Å². The van der Waals surface area contributed by atoms with Crippen LogP contribution in [-0.4, -0.2) is 63.0 Å². The molecule has 0 bridgehead atoms. The van der Waals surface area contributed by atoms with E-state index in [-0.39, 0.29) is 24.1 Å². The second-order valence-corrected chi connectivity index (χ2v) is 9.26. The maximum absolute atomic E-state index is 14.0. The average Bonchev–Trinajstić information content (AvgIpc) is 3.40. The molecule has 0 atom stereocenters. The SMILES string of the molecule is CC(C)OC(=O)N1CCc2nc(N3CCC(Oc4ccc(F)cc4F)CC3)c(-c3cn[nH]c3)nc2C1. The first-order chi connectivity index (χ1) is 17.4. The summed E-state index contributed by atoms with van der Waals surface area (Å²) >= 11 is 0. The Bertz CT molecular complexity index is 1230. The number of benzene rings is 1. The number of amides is 1. The van der Waals surface area contributed by atoms with E-state index >= 15 is 0 Å². The highest BCUT2D eigenvalue weighted by atomic mass is 19.1. The Balaban J connectivity index is 1.34. The maximum Gasteiger partial charge on any atom is 0.410 e. The quantitative estimate of drug-likeness (QED) is 0.566. The number of aromatic nitrogens is 4. The summed E-state index contributed by atoms with van der Waals surface area (Å²) in [5.74, 6) is -0.526. The predicted octanol–water partition coefficient (Wildman–Crippen LogP) is 4.10. The van der Waals surface area contributed by atoms with Crippen LogP contribution >= 0.6 is 0 Å². The largest absolute Gasteiger partial charge is 0.487 e. The van der Waals surface area contributed by atoms with Crippen LogP contribution in [0.3, 0.4) is 0 Å². The van der Waals surface area contributed by atoms with Crippen LogP contribution in [0.15, 0.2) is 30.6 Å². The molecular weight excluding hydrogens is 470 g/mol. The van der Waals surface area contributed by atoms with E-state index in [0.717, 1.165) is 28.8 Å². The van der Waals surface area contributed by atoms with Crippen molar-refractivity contribution >= 4 is 11.9 Å². The molecule has 2 aromatic heterocycles. The van der Waals surface area contributed by atoms with Gasteiger partial charge in [-0.3, -0.25) is 5.10 Å². The van der Waals surface area contributed by atoms with Gasteiger partial charge < -0.3 is 19.3 Å². The smallest absolute Gasteiger partial charge is 0.410 e. The second kappa shape index (κ2) is 10.1. The van der Waals surface area contributed by atoms with Crippen LogP contribution in [0.1, 0.15) is 38.1 Å². The first-order valence-corrected chi connectivity index (χ1v) is 12.1. The van der Waals surface area contributed by atoms with Crippen molar-refractivity contribution in [3.8, 4) is 17.0 Å². The molecule has 2 aliphatic heterocycles. The summed E-state index contributed by atoms with van der Waals surface area (Å²) in [5, 5.41) is 6.90. The van der Waals surface area contributed by atoms with E-state index in [4.69, 9.17) is 19.4 Å². The number of nitrogens with zero attached hydrogens (tertiary/aromatic N) is 5. The first-order valence-electron chi connectivity index (χ1n) is 12.1. The van der Waals surface area contributed by atoms with Gasteiger partial charge in [-0.25, -0.2) is 23.5 Å². The topological polar surface area (TPSA) is 96.5 Å². The third-order valence-corrected chi connectivity index (χ3v) is 6.29. The lowest BCUT2D eigenvalue weighted by molar-refractivity contribution is 0.0723. The molecule has 1 aromatic carbocycles. The molecule has 0 spiro atoms. The number of piperidine rings is 1. The Morgan fingerprint density at radius 1 is 1.14 bits per heavy atom. The van der Waals surface area contributed by atoms with E-state index in [2.05, 4.69) is 15.1 Å². The zero-order chi connectivity index (χ0) is 25.2. The van der Waals surface area contributed by atoms with E-state index in [1.165, 1.54) is 12.1 Å². The minimum Gasteiger partial charge on any atom is -0.487 e. The molecule has 1 N–H and O–H groups in total. The van der Waals surface area contributed by atoms with Gasteiger partial charge in [0.05, 0.1) is 30.2 Å². The van der Waals surface area contributed by atoms with Crippen LogP contribution < -0.4 is 9.64 Å². The number of hydrogen-bond acceptors (Lipinski definition) is 7. The zero-order valence-electron chi connectivity index (χ0n) is 20.2. The molecule has 4 heterocycles. The number of carbonyl (C=O) groups excluding carboxylic acids is 1. The fourth-order valence-corrected chi connectivity index (χ4v) is 4.48. The lowest BCUT2D eigenvalue weighted by atomic mass is 10.1. The second-order valence-electron chi connectivity index (χ2n) is 9.26. The third-order valence-electron chi connectivity index (χ3n) is 6.29. The number of fused-ring (bicyclic) bond motifs is 1. The minimum absolute atomic E-state index is 0.0584. The standard InChI is InChI=1S/C25H28F2N6O3/c1-15(2)35-25(34)33-10-7-20-21(14-33)30-23(16-12-28-29-13-16)24(31-20)32-8-5-18(6-9-32)36-22-4-3-17(26)11-19(22)27/h3-4,11-13,15,18H,5-10,14H2,1-2H3,(H,28,29). The Hall–Kier alpha value is -3.76. The summed E-state index contributed by atoms with van der Waals surface area (Å²) in [7, 11) is 0. The molecule has 1 fully saturated rings. The molecule has 11 heteroatoms. The fraction of sp³-hybridized carbons (Fsp3) is 0.440. The van der Waals surface area contributed by atoms with Crippen molar-refractivity contribution in [1.82, 2.24) is 25.1 Å². The molecule has 0 unspecified atom stereocenters. The number of H-pyrrole nitrogens is 1. The van der Waals surface area contributed by atoms with Gasteiger partial charge in [0, 0.05) is 56.7 Å². The summed E-state index contributed by atoms with van der Waals surface area (Å²) in [5.41, 5.74) is 3.09. The van der Waals surface area contributed by atoms with E-state index in [0.29, 0.717) is 51.1 Å². The van der Waals surface area contributed by atoms with Crippen molar-refractivity contribution in [2.24, 2.45) is 0 Å². The highest BCUT2D eigenvalue weighted by molar-refractivity contribution is 5.72. The molecule has 1 saturated heterocycles. The Morgan fingerprint density at radius 2 is 1.94 bits per heavy atom. The number of halogens is 2. The summed E-state index contributed by atoms with van der Waals surface area (Å²) < 4.78 is 38.4. The zero-order valence-corrected chi connectivity index (χ0v) is 20.2. The number of rotatable bonds is 5. The van der Waals surface area contributed by atoms with Crippen molar-refractivity contribution in [2.75, 3.05) is 24.5 Å². The maximum atomic E-state index is 14.0. The number of anilines is 1. The molecule has 0 radical (unpaired) electrons. The van der Waals surface area contributed by atoms with Crippen molar-refractivity contribution in [3.63, 3.8) is 0 Å². The summed E-state index contributed by atoms with van der Waals surface area (Å²) in [6.07, 6.45) is 4.60. The molecule has 5 rings (SSSR count). The summed E-state index contributed by atoms with van der Waals surface area (Å²) in [6, 6.07) is 3.34. The van der Waals surface area contributed by atoms with Crippen molar-refractivity contribution in [2.45, 2.75) is 51.9 Å². The number of hydrogen-bond donors (Lipinski definition) is 1. The van der Waals surface area contributed by atoms with Gasteiger partial charge in [-0.2, -0.15) is 5.10 Å². The van der Waals surface area contributed by atoms with Crippen LogP contribution in [0.2, 0.25) is 0 Å². The predicted molar refractivity (Wildman–Crippen MR) is 128 cm³/mol. The van der Waals surface area contributed by atoms with Crippen LogP contribution in [-0.2, 0) is 17.7 Å². The number of nitrogens with one attached hydrogen (secondary N) is 1. The number of carbonyl (C=O) groups is 1. The monoisotopic (exact) mass is 498 g/mol. The minimum atomic E-state index is -0.702. The molecule has 2 aliphatic rings. The van der Waals surface area contributed by atoms with Crippen LogP contribution in [0.25, 0.3) is 11.3 Å². The van der Waals surface area contributed by atoms with E-state index in [1.54, 1.807) is 17.3 Å². The molecule has 3 aromatic rings. The summed E-state index contributed by atoms with van der Waals surface area (Å²) in [6.45, 7) is 5.76. The fourth-order valence-electron chi connectivity index (χ4n) is 4.48. The van der Waals surface area contributed by atoms with Gasteiger partial charge >= 0.3 is 6.09 Å². The first kappa shape index (κ1) is 24.0. The van der Waals surface area contributed by atoms with Crippen molar-refractivity contribution < 1.29 is 23.0 Å². The average molecular weight is 499 g/mol. The highest BCUT2D eigenvalue weighted by Crippen LogP contribution is 2.32. The number of ether oxygens (including phenoxy) is 2. The Morgan fingerprint density at radius 3 is 2.64 bits per heavy atom. The molecule has 36 heavy (non-hydrogen) atoms. The molecule has 9 nitrogen and oxygen atoms in total. The lowest BCUT2D eigenvalue weighted by Crippen LogP contribution is -2.41. The van der Waals surface area contributed by atoms with Crippen molar-refractivity contribution in [3.05, 3.63) is 53.6 Å². The lowest BCUT2D eigenvalue weighted by Gasteiger charge is -2.35.